The highest BCUT2D eigenvalue weighted by Gasteiger charge is 2.29. The number of fused-ring (bicyclic) bond motifs is 1. The van der Waals surface area contributed by atoms with E-state index in [0.717, 1.165) is 9.87 Å². The predicted molar refractivity (Wildman–Crippen MR) is 131 cm³/mol. The molecule has 0 spiro atoms. The van der Waals surface area contributed by atoms with E-state index >= 15 is 0 Å². The molecule has 1 aliphatic heterocycles. The largest absolute Gasteiger partial charge is 0.308 e. The zero-order chi connectivity index (χ0) is 24.7. The van der Waals surface area contributed by atoms with Crippen LogP contribution in [0.1, 0.15) is 15.9 Å². The maximum atomic E-state index is 13.2. The van der Waals surface area contributed by atoms with Gasteiger partial charge < -0.3 is 4.90 Å². The molecule has 0 fully saturated rings. The molecule has 178 valence electrons. The van der Waals surface area contributed by atoms with E-state index < -0.39 is 20.0 Å². The molecular weight excluding hydrogens is 498 g/mol. The standard InChI is InChI=1S/C23H22ClN3O5S2/c1-26(2)34(31,32)19-9-11-22-16(14-19)12-13-27(22)23(28)20-10-8-17(15-21(20)24)25-33(29,30)18-6-4-3-5-7-18/h3-11,14-15,25H,12-13H2,1-2H3. The minimum absolute atomic E-state index is 0.0958. The second-order valence-electron chi connectivity index (χ2n) is 7.90. The van der Waals surface area contributed by atoms with Gasteiger partial charge in [0.05, 0.1) is 26.1 Å². The minimum Gasteiger partial charge on any atom is -0.308 e. The molecular formula is C23H22ClN3O5S2. The van der Waals surface area contributed by atoms with Gasteiger partial charge in [0.2, 0.25) is 10.0 Å². The number of hydrogen-bond donors (Lipinski definition) is 1. The average molecular weight is 520 g/mol. The van der Waals surface area contributed by atoms with E-state index in [1.54, 1.807) is 30.3 Å². The van der Waals surface area contributed by atoms with Crippen molar-refractivity contribution in [3.05, 3.63) is 82.9 Å². The number of rotatable bonds is 6. The van der Waals surface area contributed by atoms with Crippen LogP contribution in [-0.2, 0) is 26.5 Å². The first-order valence-corrected chi connectivity index (χ1v) is 13.6. The van der Waals surface area contributed by atoms with Gasteiger partial charge in [-0.05, 0) is 60.5 Å². The lowest BCUT2D eigenvalue weighted by Crippen LogP contribution is -2.29. The van der Waals surface area contributed by atoms with Crippen LogP contribution in [0.3, 0.4) is 0 Å². The van der Waals surface area contributed by atoms with Gasteiger partial charge >= 0.3 is 0 Å². The van der Waals surface area contributed by atoms with E-state index in [1.165, 1.54) is 55.4 Å². The Morgan fingerprint density at radius 2 is 1.65 bits per heavy atom. The molecule has 0 aliphatic carbocycles. The zero-order valence-corrected chi connectivity index (χ0v) is 20.8. The molecule has 1 N–H and O–H groups in total. The van der Waals surface area contributed by atoms with Gasteiger partial charge in [-0.15, -0.1) is 0 Å². The van der Waals surface area contributed by atoms with Gasteiger partial charge in [-0.2, -0.15) is 0 Å². The third kappa shape index (κ3) is 4.54. The Hall–Kier alpha value is -2.92. The molecule has 0 bridgehead atoms. The minimum atomic E-state index is -3.80. The van der Waals surface area contributed by atoms with Crippen LogP contribution in [0.2, 0.25) is 5.02 Å². The number of sulfonamides is 2. The first kappa shape index (κ1) is 24.2. The van der Waals surface area contributed by atoms with Crippen LogP contribution in [0.5, 0.6) is 0 Å². The first-order chi connectivity index (χ1) is 16.0. The molecule has 0 atom stereocenters. The summed E-state index contributed by atoms with van der Waals surface area (Å²) >= 11 is 6.36. The van der Waals surface area contributed by atoms with Crippen LogP contribution in [-0.4, -0.2) is 47.7 Å². The lowest BCUT2D eigenvalue weighted by atomic mass is 10.1. The highest BCUT2D eigenvalue weighted by Crippen LogP contribution is 2.33. The average Bonchev–Trinajstić information content (AvgIpc) is 3.22. The number of nitrogens with zero attached hydrogens (tertiary/aromatic N) is 2. The molecule has 3 aromatic carbocycles. The van der Waals surface area contributed by atoms with Crippen LogP contribution < -0.4 is 9.62 Å². The molecule has 3 aromatic rings. The number of nitrogens with one attached hydrogen (secondary N) is 1. The van der Waals surface area contributed by atoms with Crippen molar-refractivity contribution in [3.63, 3.8) is 0 Å². The second-order valence-corrected chi connectivity index (χ2v) is 12.1. The van der Waals surface area contributed by atoms with Crippen molar-refractivity contribution in [3.8, 4) is 0 Å². The van der Waals surface area contributed by atoms with Crippen molar-refractivity contribution >= 4 is 48.9 Å². The maximum absolute atomic E-state index is 13.2. The Morgan fingerprint density at radius 3 is 2.29 bits per heavy atom. The number of benzene rings is 3. The van der Waals surface area contributed by atoms with Gasteiger partial charge in [0, 0.05) is 26.3 Å². The summed E-state index contributed by atoms with van der Waals surface area (Å²) in [6.45, 7) is 0.373. The topological polar surface area (TPSA) is 104 Å². The van der Waals surface area contributed by atoms with Crippen molar-refractivity contribution in [2.24, 2.45) is 0 Å². The van der Waals surface area contributed by atoms with E-state index in [-0.39, 0.29) is 32.0 Å². The Labute approximate surface area is 203 Å². The maximum Gasteiger partial charge on any atom is 0.261 e. The molecule has 0 saturated heterocycles. The monoisotopic (exact) mass is 519 g/mol. The Bertz CT molecular complexity index is 1470. The number of halogens is 1. The van der Waals surface area contributed by atoms with Crippen molar-refractivity contribution in [2.75, 3.05) is 30.3 Å². The van der Waals surface area contributed by atoms with Crippen molar-refractivity contribution in [1.82, 2.24) is 4.31 Å². The molecule has 0 aromatic heterocycles. The smallest absolute Gasteiger partial charge is 0.261 e. The molecule has 1 amide bonds. The molecule has 0 unspecified atom stereocenters. The molecule has 34 heavy (non-hydrogen) atoms. The van der Waals surface area contributed by atoms with E-state index in [1.807, 2.05) is 0 Å². The van der Waals surface area contributed by atoms with Crippen LogP contribution in [0.4, 0.5) is 11.4 Å². The lowest BCUT2D eigenvalue weighted by molar-refractivity contribution is 0.0989. The highest BCUT2D eigenvalue weighted by atomic mass is 35.5. The third-order valence-corrected chi connectivity index (χ3v) is 9.00. The normalized spacial score (nSPS) is 13.7. The molecule has 0 saturated carbocycles. The fourth-order valence-corrected chi connectivity index (χ4v) is 5.96. The summed E-state index contributed by atoms with van der Waals surface area (Å²) in [6.07, 6.45) is 0.504. The van der Waals surface area contributed by atoms with Crippen LogP contribution in [0.15, 0.2) is 76.5 Å². The summed E-state index contributed by atoms with van der Waals surface area (Å²) < 4.78 is 53.5. The molecule has 1 aliphatic rings. The van der Waals surface area contributed by atoms with E-state index in [2.05, 4.69) is 4.72 Å². The van der Waals surface area contributed by atoms with Crippen LogP contribution in [0.25, 0.3) is 0 Å². The number of amides is 1. The van der Waals surface area contributed by atoms with E-state index in [0.29, 0.717) is 18.7 Å². The van der Waals surface area contributed by atoms with Gasteiger partial charge in [-0.3, -0.25) is 9.52 Å². The summed E-state index contributed by atoms with van der Waals surface area (Å²) in [4.78, 5) is 15.0. The number of carbonyl (C=O) groups is 1. The highest BCUT2D eigenvalue weighted by molar-refractivity contribution is 7.92. The van der Waals surface area contributed by atoms with E-state index in [9.17, 15) is 21.6 Å². The Morgan fingerprint density at radius 1 is 0.941 bits per heavy atom. The van der Waals surface area contributed by atoms with Gasteiger partial charge in [-0.25, -0.2) is 21.1 Å². The summed E-state index contributed by atoms with van der Waals surface area (Å²) in [5.41, 5.74) is 1.81. The molecule has 0 radical (unpaired) electrons. The number of hydrogen-bond acceptors (Lipinski definition) is 5. The van der Waals surface area contributed by atoms with Gasteiger partial charge in [-0.1, -0.05) is 29.8 Å². The quantitative estimate of drug-likeness (QED) is 0.536. The fourth-order valence-electron chi connectivity index (χ4n) is 3.67. The Kier molecular flexibility index (Phi) is 6.43. The fraction of sp³-hybridized carbons (Fsp3) is 0.174. The van der Waals surface area contributed by atoms with Crippen LogP contribution >= 0.6 is 11.6 Å². The first-order valence-electron chi connectivity index (χ1n) is 10.3. The van der Waals surface area contributed by atoms with Gasteiger partial charge in [0.15, 0.2) is 0 Å². The van der Waals surface area contributed by atoms with Crippen molar-refractivity contribution in [1.29, 1.82) is 0 Å². The number of carbonyl (C=O) groups excluding carboxylic acids is 1. The molecule has 4 rings (SSSR count). The zero-order valence-electron chi connectivity index (χ0n) is 18.4. The Balaban J connectivity index is 1.57. The molecule has 1 heterocycles. The number of anilines is 2. The van der Waals surface area contributed by atoms with Gasteiger partial charge in [0.1, 0.15) is 0 Å². The predicted octanol–water partition coefficient (Wildman–Crippen LogP) is 3.59. The third-order valence-electron chi connectivity index (χ3n) is 5.48. The van der Waals surface area contributed by atoms with Crippen molar-refractivity contribution in [2.45, 2.75) is 16.2 Å². The molecule has 11 heteroatoms. The van der Waals surface area contributed by atoms with Gasteiger partial charge in [0.25, 0.3) is 15.9 Å². The summed E-state index contributed by atoms with van der Waals surface area (Å²) in [7, 11) is -4.46. The second kappa shape index (κ2) is 9.03. The summed E-state index contributed by atoms with van der Waals surface area (Å²) in [6, 6.07) is 16.9. The summed E-state index contributed by atoms with van der Waals surface area (Å²) in [5, 5.41) is 0.0958. The SMILES string of the molecule is CN(C)S(=O)(=O)c1ccc2c(c1)CCN2C(=O)c1ccc(NS(=O)(=O)c2ccccc2)cc1Cl. The summed E-state index contributed by atoms with van der Waals surface area (Å²) in [5.74, 6) is -0.357. The van der Waals surface area contributed by atoms with Crippen LogP contribution in [0, 0.1) is 0 Å². The van der Waals surface area contributed by atoms with E-state index in [4.69, 9.17) is 11.6 Å². The lowest BCUT2D eigenvalue weighted by Gasteiger charge is -2.19. The molecule has 8 nitrogen and oxygen atoms in total. The van der Waals surface area contributed by atoms with Crippen molar-refractivity contribution < 1.29 is 21.6 Å².